The van der Waals surface area contributed by atoms with Crippen molar-refractivity contribution in [2.45, 2.75) is 58.5 Å². The van der Waals surface area contributed by atoms with E-state index in [4.69, 9.17) is 4.74 Å². The van der Waals surface area contributed by atoms with Crippen molar-refractivity contribution in [3.05, 3.63) is 29.8 Å². The highest BCUT2D eigenvalue weighted by molar-refractivity contribution is 5.29. The molecule has 0 fully saturated rings. The van der Waals surface area contributed by atoms with Crippen LogP contribution < -0.4 is 4.74 Å². The molecule has 0 aliphatic carbocycles. The van der Waals surface area contributed by atoms with Gasteiger partial charge in [0.2, 0.25) is 0 Å². The Bertz CT molecular complexity index is 321. The third kappa shape index (κ3) is 6.06. The van der Waals surface area contributed by atoms with Gasteiger partial charge < -0.3 is 9.84 Å². The number of hydrogen-bond donors (Lipinski definition) is 1. The lowest BCUT2D eigenvalue weighted by atomic mass is 10.1. The molecule has 102 valence electrons. The van der Waals surface area contributed by atoms with Gasteiger partial charge in [0.15, 0.2) is 0 Å². The number of benzene rings is 1. The lowest BCUT2D eigenvalue weighted by Crippen LogP contribution is -1.98. The summed E-state index contributed by atoms with van der Waals surface area (Å²) in [5.74, 6) is 0.863. The summed E-state index contributed by atoms with van der Waals surface area (Å²) in [4.78, 5) is 0. The summed E-state index contributed by atoms with van der Waals surface area (Å²) < 4.78 is 5.69. The molecule has 1 aromatic carbocycles. The number of aliphatic hydroxyl groups is 1. The topological polar surface area (TPSA) is 29.5 Å². The van der Waals surface area contributed by atoms with E-state index in [9.17, 15) is 5.11 Å². The SMILES string of the molecule is CCCCCCCCOc1cccc([C@@H](C)O)c1. The quantitative estimate of drug-likeness (QED) is 0.655. The van der Waals surface area contributed by atoms with Crippen LogP contribution in [0.2, 0.25) is 0 Å². The highest BCUT2D eigenvalue weighted by Crippen LogP contribution is 2.19. The first kappa shape index (κ1) is 15.0. The zero-order chi connectivity index (χ0) is 13.2. The third-order valence-electron chi connectivity index (χ3n) is 3.11. The molecule has 0 saturated heterocycles. The van der Waals surface area contributed by atoms with Gasteiger partial charge in [-0.25, -0.2) is 0 Å². The second-order valence-corrected chi connectivity index (χ2v) is 4.86. The van der Waals surface area contributed by atoms with Gasteiger partial charge in [0.1, 0.15) is 5.75 Å². The van der Waals surface area contributed by atoms with E-state index < -0.39 is 6.10 Å². The molecule has 2 nitrogen and oxygen atoms in total. The Morgan fingerprint density at radius 1 is 1.11 bits per heavy atom. The van der Waals surface area contributed by atoms with Crippen molar-refractivity contribution in [2.24, 2.45) is 0 Å². The lowest BCUT2D eigenvalue weighted by Gasteiger charge is -2.09. The van der Waals surface area contributed by atoms with Crippen LogP contribution in [0.25, 0.3) is 0 Å². The van der Waals surface area contributed by atoms with Crippen molar-refractivity contribution in [1.29, 1.82) is 0 Å². The molecule has 1 atom stereocenters. The Morgan fingerprint density at radius 2 is 1.83 bits per heavy atom. The smallest absolute Gasteiger partial charge is 0.119 e. The van der Waals surface area contributed by atoms with Gasteiger partial charge >= 0.3 is 0 Å². The first-order valence-corrected chi connectivity index (χ1v) is 7.15. The summed E-state index contributed by atoms with van der Waals surface area (Å²) in [6, 6.07) is 7.71. The molecule has 0 bridgehead atoms. The van der Waals surface area contributed by atoms with E-state index >= 15 is 0 Å². The fraction of sp³-hybridized carbons (Fsp3) is 0.625. The number of hydrogen-bond acceptors (Lipinski definition) is 2. The average molecular weight is 250 g/mol. The molecule has 1 rings (SSSR count). The molecule has 18 heavy (non-hydrogen) atoms. The van der Waals surface area contributed by atoms with Crippen molar-refractivity contribution < 1.29 is 9.84 Å². The van der Waals surface area contributed by atoms with E-state index in [0.717, 1.165) is 24.3 Å². The summed E-state index contributed by atoms with van der Waals surface area (Å²) in [6.45, 7) is 4.78. The molecule has 1 N–H and O–H groups in total. The van der Waals surface area contributed by atoms with Gasteiger partial charge in [-0.3, -0.25) is 0 Å². The highest BCUT2D eigenvalue weighted by Gasteiger charge is 2.01. The van der Waals surface area contributed by atoms with E-state index in [0.29, 0.717) is 0 Å². The number of rotatable bonds is 9. The van der Waals surface area contributed by atoms with Crippen molar-refractivity contribution >= 4 is 0 Å². The van der Waals surface area contributed by atoms with Crippen LogP contribution in [-0.4, -0.2) is 11.7 Å². The van der Waals surface area contributed by atoms with Crippen LogP contribution in [0.1, 0.15) is 64.0 Å². The zero-order valence-corrected chi connectivity index (χ0v) is 11.7. The van der Waals surface area contributed by atoms with Crippen LogP contribution in [-0.2, 0) is 0 Å². The molecule has 0 aliphatic rings. The fourth-order valence-electron chi connectivity index (χ4n) is 1.94. The van der Waals surface area contributed by atoms with Crippen molar-refractivity contribution in [3.8, 4) is 5.75 Å². The van der Waals surface area contributed by atoms with Crippen LogP contribution in [0.3, 0.4) is 0 Å². The fourth-order valence-corrected chi connectivity index (χ4v) is 1.94. The number of unbranched alkanes of at least 4 members (excludes halogenated alkanes) is 5. The lowest BCUT2D eigenvalue weighted by molar-refractivity contribution is 0.198. The summed E-state index contributed by atoms with van der Waals surface area (Å²) in [6.07, 6.45) is 7.22. The molecule has 0 radical (unpaired) electrons. The van der Waals surface area contributed by atoms with E-state index in [1.165, 1.54) is 32.1 Å². The second-order valence-electron chi connectivity index (χ2n) is 4.86. The largest absolute Gasteiger partial charge is 0.494 e. The van der Waals surface area contributed by atoms with Crippen LogP contribution in [0, 0.1) is 0 Å². The summed E-state index contributed by atoms with van der Waals surface area (Å²) in [7, 11) is 0. The van der Waals surface area contributed by atoms with Crippen molar-refractivity contribution in [3.63, 3.8) is 0 Å². The monoisotopic (exact) mass is 250 g/mol. The van der Waals surface area contributed by atoms with Crippen LogP contribution >= 0.6 is 0 Å². The zero-order valence-electron chi connectivity index (χ0n) is 11.7. The summed E-state index contributed by atoms with van der Waals surface area (Å²) in [5, 5.41) is 9.48. The molecule has 0 amide bonds. The van der Waals surface area contributed by atoms with Gasteiger partial charge in [-0.1, -0.05) is 51.2 Å². The molecule has 0 aromatic heterocycles. The minimum Gasteiger partial charge on any atom is -0.494 e. The van der Waals surface area contributed by atoms with Gasteiger partial charge in [0, 0.05) is 0 Å². The Hall–Kier alpha value is -1.02. The minimum absolute atomic E-state index is 0.428. The normalized spacial score (nSPS) is 12.4. The average Bonchev–Trinajstić information content (AvgIpc) is 2.38. The maximum Gasteiger partial charge on any atom is 0.119 e. The van der Waals surface area contributed by atoms with Gasteiger partial charge in [0.25, 0.3) is 0 Å². The minimum atomic E-state index is -0.428. The Balaban J connectivity index is 2.17. The van der Waals surface area contributed by atoms with Gasteiger partial charge in [-0.05, 0) is 31.0 Å². The molecule has 0 aliphatic heterocycles. The van der Waals surface area contributed by atoms with Crippen LogP contribution in [0.15, 0.2) is 24.3 Å². The molecule has 1 aromatic rings. The summed E-state index contributed by atoms with van der Waals surface area (Å²) >= 11 is 0. The maximum absolute atomic E-state index is 9.48. The van der Waals surface area contributed by atoms with Gasteiger partial charge in [-0.2, -0.15) is 0 Å². The molecular weight excluding hydrogens is 224 g/mol. The Morgan fingerprint density at radius 3 is 2.56 bits per heavy atom. The third-order valence-corrected chi connectivity index (χ3v) is 3.11. The molecule has 0 spiro atoms. The van der Waals surface area contributed by atoms with E-state index in [-0.39, 0.29) is 0 Å². The Labute approximate surface area is 111 Å². The Kier molecular flexibility index (Phi) is 7.51. The van der Waals surface area contributed by atoms with Gasteiger partial charge in [-0.15, -0.1) is 0 Å². The van der Waals surface area contributed by atoms with Crippen molar-refractivity contribution in [2.75, 3.05) is 6.61 Å². The predicted molar refractivity (Wildman–Crippen MR) is 75.9 cm³/mol. The number of aliphatic hydroxyl groups excluding tert-OH is 1. The van der Waals surface area contributed by atoms with E-state index in [1.54, 1.807) is 6.92 Å². The predicted octanol–water partition coefficient (Wildman–Crippen LogP) is 4.48. The number of ether oxygens (including phenoxy) is 1. The maximum atomic E-state index is 9.48. The summed E-state index contributed by atoms with van der Waals surface area (Å²) in [5.41, 5.74) is 0.912. The first-order valence-electron chi connectivity index (χ1n) is 7.15. The molecule has 0 unspecified atom stereocenters. The van der Waals surface area contributed by atoms with Gasteiger partial charge in [0.05, 0.1) is 12.7 Å². The standard InChI is InChI=1S/C16H26O2/c1-3-4-5-6-7-8-12-18-16-11-9-10-15(13-16)14(2)17/h9-11,13-14,17H,3-8,12H2,1-2H3/t14-/m1/s1. The molecular formula is C16H26O2. The van der Waals surface area contributed by atoms with E-state index in [1.807, 2.05) is 24.3 Å². The molecule has 0 saturated carbocycles. The van der Waals surface area contributed by atoms with Crippen LogP contribution in [0.5, 0.6) is 5.75 Å². The first-order chi connectivity index (χ1) is 8.74. The second kappa shape index (κ2) is 8.98. The highest BCUT2D eigenvalue weighted by atomic mass is 16.5. The molecule has 2 heteroatoms. The van der Waals surface area contributed by atoms with Crippen molar-refractivity contribution in [1.82, 2.24) is 0 Å². The van der Waals surface area contributed by atoms with E-state index in [2.05, 4.69) is 6.92 Å². The van der Waals surface area contributed by atoms with Crippen LogP contribution in [0.4, 0.5) is 0 Å². The molecule has 0 heterocycles.